The number of Topliss-reactive ketones (excluding diaryl/α,β-unsaturated/α-hetero) is 4. The summed E-state index contributed by atoms with van der Waals surface area (Å²) in [6.45, 7) is 14.7. The molecule has 4 fully saturated rings. The number of rotatable bonds is 32. The molecule has 0 bridgehead atoms. The van der Waals surface area contributed by atoms with E-state index >= 15 is 0 Å². The number of anilines is 4. The Bertz CT molecular complexity index is 5220. The van der Waals surface area contributed by atoms with Gasteiger partial charge in [0, 0.05) is 179 Å². The molecule has 4 aliphatic rings. The summed E-state index contributed by atoms with van der Waals surface area (Å²) in [7, 11) is 6.55. The average molecular weight is 1830 g/mol. The minimum Gasteiger partial charge on any atom is -0.420 e. The summed E-state index contributed by atoms with van der Waals surface area (Å²) < 4.78 is 125. The van der Waals surface area contributed by atoms with Crippen LogP contribution >= 0.6 is 22.7 Å². The predicted octanol–water partition coefficient (Wildman–Crippen LogP) is 18.6. The fourth-order valence-electron chi connectivity index (χ4n) is 18.0. The van der Waals surface area contributed by atoms with E-state index in [1.54, 1.807) is 4.90 Å². The quantitative estimate of drug-likeness (QED) is 0.0193. The Morgan fingerprint density at radius 1 is 0.426 bits per heavy atom. The summed E-state index contributed by atoms with van der Waals surface area (Å²) in [6.07, 6.45) is 8.76. The molecule has 4 aromatic carbocycles. The van der Waals surface area contributed by atoms with Gasteiger partial charge in [0.25, 0.3) is 6.01 Å². The highest BCUT2D eigenvalue weighted by atomic mass is 32.1. The molecular weight excluding hydrogens is 1710 g/mol. The Morgan fingerprint density at radius 3 is 1.14 bits per heavy atom. The lowest BCUT2D eigenvalue weighted by Gasteiger charge is -2.39. The van der Waals surface area contributed by atoms with Gasteiger partial charge in [-0.15, -0.1) is 25.5 Å². The number of nitrogens with zero attached hydrogens (tertiary/aromatic N) is 15. The number of likely N-dealkylation sites (N-methyl/N-ethyl adjacent to an activating group) is 4. The second-order valence-corrected chi connectivity index (χ2v) is 36.8. The van der Waals surface area contributed by atoms with Gasteiger partial charge in [-0.2, -0.15) is 44.5 Å². The van der Waals surface area contributed by atoms with E-state index in [1.165, 1.54) is 96.2 Å². The summed E-state index contributed by atoms with van der Waals surface area (Å²) >= 11 is 2.54. The number of piperazine rings is 4. The number of carbonyl (C=O) groups is 4. The Balaban J connectivity index is 0.000000147. The zero-order valence-corrected chi connectivity index (χ0v) is 76.1. The van der Waals surface area contributed by atoms with Gasteiger partial charge in [-0.3, -0.25) is 39.0 Å². The molecular formula is C93H117F9N20O5S2. The standard InChI is InChI=1S/C24H29F3N4O2.C23H29F3N6O.C23H28F3N5OS.C23H31N5OS/c1-3-6-16(11-17-13-28-19-8-5-4-7-18(17)19)12-20(32)21-14-29-23(33-21)31-10-9-30(2)22(15-31)24(25,26)27;1-3-6-15(11-16-13-27-18-8-5-4-7-17(16)18)12-19(33)21-28-22(30-29-21)32-10-9-31(2)20(14-32)23(24,25)26;1-3-6-15(11-16-13-27-18-8-5-4-7-17(16)18)12-19(32)21-28-29-22(33-21)31-10-9-30(2)20(14-31)23(24,25)26;1-4-7-17(12-18-14-24-20-9-6-5-8-19(18)20)13-21(29)22-25-26-23(30-22)28-11-10-27(3)16(2)15-28/h4-5,7-8,13-14,16,22,28H,3,6,9-12,15H2,1-2H3;4-5,7-8,13,15,20,27H,3,6,9-12,14H2,1-2H3,(H,28,29,30);4-5,7-8,13,15,20,27H,3,6,9-12,14H2,1-2H3;5-6,8-9,14,16-17,24H,4,7,10-13,15H2,1-3H3. The van der Waals surface area contributed by atoms with E-state index in [0.29, 0.717) is 67.4 Å². The van der Waals surface area contributed by atoms with Crippen LogP contribution in [0.15, 0.2) is 132 Å². The molecule has 8 atom stereocenters. The lowest BCUT2D eigenvalue weighted by molar-refractivity contribution is -0.181. The second-order valence-electron chi connectivity index (χ2n) is 34.9. The molecule has 129 heavy (non-hydrogen) atoms. The number of hydrogen-bond donors (Lipinski definition) is 5. The molecule has 5 N–H and O–H groups in total. The molecule has 0 saturated carbocycles. The van der Waals surface area contributed by atoms with Crippen LogP contribution in [0.4, 0.5) is 61.7 Å². The van der Waals surface area contributed by atoms with Gasteiger partial charge >= 0.3 is 18.5 Å². The van der Waals surface area contributed by atoms with Crippen molar-refractivity contribution in [1.82, 2.24) is 80.1 Å². The van der Waals surface area contributed by atoms with Gasteiger partial charge in [0.15, 0.2) is 44.7 Å². The number of para-hydroxylation sites is 4. The Morgan fingerprint density at radius 2 is 0.760 bits per heavy atom. The van der Waals surface area contributed by atoms with Gasteiger partial charge in [0.05, 0.1) is 6.20 Å². The van der Waals surface area contributed by atoms with Crippen LogP contribution in [0.1, 0.15) is 175 Å². The van der Waals surface area contributed by atoms with Crippen molar-refractivity contribution >= 4 is 112 Å². The number of carbonyl (C=O) groups excluding carboxylic acids is 4. The van der Waals surface area contributed by atoms with Gasteiger partial charge in [-0.05, 0) is 157 Å². The first-order valence-corrected chi connectivity index (χ1v) is 46.3. The van der Waals surface area contributed by atoms with Crippen LogP contribution in [0.5, 0.6) is 0 Å². The molecule has 36 heteroatoms. The lowest BCUT2D eigenvalue weighted by atomic mass is 9.90. The number of aromatic nitrogens is 12. The Labute approximate surface area is 752 Å². The molecule has 8 aromatic heterocycles. The molecule has 0 amide bonds. The summed E-state index contributed by atoms with van der Waals surface area (Å²) in [6, 6.07) is 28.4. The number of ketones is 4. The molecule has 0 aliphatic carbocycles. The van der Waals surface area contributed by atoms with E-state index in [1.807, 2.05) is 79.3 Å². The monoisotopic (exact) mass is 1830 g/mol. The van der Waals surface area contributed by atoms with E-state index < -0.39 is 36.7 Å². The summed E-state index contributed by atoms with van der Waals surface area (Å²) in [4.78, 5) is 86.5. The van der Waals surface area contributed by atoms with Gasteiger partial charge in [-0.25, -0.2) is 4.98 Å². The largest absolute Gasteiger partial charge is 0.420 e. The van der Waals surface area contributed by atoms with E-state index in [4.69, 9.17) is 4.42 Å². The number of H-pyrrole nitrogens is 5. The molecule has 4 aliphatic heterocycles. The molecule has 12 aromatic rings. The third-order valence-corrected chi connectivity index (χ3v) is 27.4. The van der Waals surface area contributed by atoms with Crippen molar-refractivity contribution in [2.45, 2.75) is 180 Å². The van der Waals surface area contributed by atoms with E-state index in [9.17, 15) is 58.7 Å². The van der Waals surface area contributed by atoms with Crippen LogP contribution in [0.2, 0.25) is 0 Å². The van der Waals surface area contributed by atoms with Crippen LogP contribution in [0, 0.1) is 23.7 Å². The maximum Gasteiger partial charge on any atom is 0.405 e. The van der Waals surface area contributed by atoms with E-state index in [-0.39, 0.29) is 109 Å². The third-order valence-electron chi connectivity index (χ3n) is 25.4. The third kappa shape index (κ3) is 24.8. The fourth-order valence-corrected chi connectivity index (χ4v) is 19.7. The van der Waals surface area contributed by atoms with Crippen LogP contribution in [0.3, 0.4) is 0 Å². The van der Waals surface area contributed by atoms with Crippen LogP contribution in [-0.2, 0) is 25.7 Å². The molecule has 16 rings (SSSR count). The minimum atomic E-state index is -4.34. The first kappa shape index (κ1) is 96.2. The van der Waals surface area contributed by atoms with Crippen molar-refractivity contribution in [2.24, 2.45) is 23.7 Å². The van der Waals surface area contributed by atoms with Gasteiger partial charge in [-0.1, -0.05) is 149 Å². The number of aromatic amines is 5. The molecule has 4 saturated heterocycles. The minimum absolute atomic E-state index is 0.0735. The van der Waals surface area contributed by atoms with Crippen molar-refractivity contribution in [2.75, 3.05) is 126 Å². The molecule has 25 nitrogen and oxygen atoms in total. The maximum absolute atomic E-state index is 13.3. The van der Waals surface area contributed by atoms with Crippen molar-refractivity contribution in [3.63, 3.8) is 0 Å². The van der Waals surface area contributed by atoms with Gasteiger partial charge < -0.3 is 48.9 Å². The number of halogens is 9. The van der Waals surface area contributed by atoms with Crippen molar-refractivity contribution in [3.05, 3.63) is 172 Å². The van der Waals surface area contributed by atoms with Crippen LogP contribution < -0.4 is 19.6 Å². The number of benzene rings is 4. The van der Waals surface area contributed by atoms with Gasteiger partial charge in [0.1, 0.15) is 18.1 Å². The number of hydrogen-bond acceptors (Lipinski definition) is 22. The normalized spacial score (nSPS) is 18.7. The highest BCUT2D eigenvalue weighted by Crippen LogP contribution is 2.38. The highest BCUT2D eigenvalue weighted by Gasteiger charge is 2.49. The maximum atomic E-state index is 13.3. The Hall–Kier alpha value is -10.4. The topological polar surface area (TPSA) is 277 Å². The number of fused-ring (bicyclic) bond motifs is 4. The smallest absolute Gasteiger partial charge is 0.405 e. The summed E-state index contributed by atoms with van der Waals surface area (Å²) in [5.74, 6) is 0.774. The molecule has 12 heterocycles. The second kappa shape index (κ2) is 43.6. The summed E-state index contributed by atoms with van der Waals surface area (Å²) in [5.41, 5.74) is 9.19. The van der Waals surface area contributed by atoms with E-state index in [0.717, 1.165) is 146 Å². The molecule has 8 unspecified atom stereocenters. The van der Waals surface area contributed by atoms with Gasteiger partial charge in [0.2, 0.25) is 16.2 Å². The molecule has 0 radical (unpaired) electrons. The van der Waals surface area contributed by atoms with Crippen molar-refractivity contribution in [3.8, 4) is 0 Å². The first-order chi connectivity index (χ1) is 61.8. The molecule has 0 spiro atoms. The summed E-state index contributed by atoms with van der Waals surface area (Å²) in [5, 5.41) is 30.2. The molecule has 694 valence electrons. The van der Waals surface area contributed by atoms with Crippen LogP contribution in [0.25, 0.3) is 43.6 Å². The fraction of sp³-hybridized carbons (Fsp3) is 0.516. The first-order valence-electron chi connectivity index (χ1n) is 44.7. The number of oxazole rings is 1. The van der Waals surface area contributed by atoms with Crippen molar-refractivity contribution in [1.29, 1.82) is 0 Å². The Kier molecular flexibility index (Phi) is 32.5. The zero-order valence-electron chi connectivity index (χ0n) is 74.5. The SMILES string of the molecule is CCCC(CC(=O)c1cnc(N2CCN(C)C(C(F)(F)F)C2)o1)Cc1c[nH]c2ccccc12.CCCC(CC(=O)c1nc(N2CCN(C)C(C(F)(F)F)C2)n[nH]1)Cc1c[nH]c2ccccc12.CCCC(CC(=O)c1nnc(N2CCN(C)C(C(F)(F)F)C2)s1)Cc1c[nH]c2ccccc12.CCCC(CC(=O)c1nnc(N2CCN(C)C(C)C2)s1)Cc1c[nH]c2ccccc12. The van der Waals surface area contributed by atoms with Crippen LogP contribution in [-0.4, -0.2) is 253 Å². The highest BCUT2D eigenvalue weighted by molar-refractivity contribution is 7.17. The zero-order chi connectivity index (χ0) is 91.8. The van der Waals surface area contributed by atoms with E-state index in [2.05, 4.69) is 155 Å². The lowest BCUT2D eigenvalue weighted by Crippen LogP contribution is -2.57. The number of alkyl halides is 9. The number of nitrogens with one attached hydrogen (secondary N) is 5. The predicted molar refractivity (Wildman–Crippen MR) is 488 cm³/mol. The average Bonchev–Trinajstić information content (AvgIpc) is 1.80. The van der Waals surface area contributed by atoms with Crippen molar-refractivity contribution < 1.29 is 63.1 Å².